The highest BCUT2D eigenvalue weighted by molar-refractivity contribution is 5.95. The van der Waals surface area contributed by atoms with Crippen molar-refractivity contribution < 1.29 is 19.2 Å². The third kappa shape index (κ3) is 6.39. The summed E-state index contributed by atoms with van der Waals surface area (Å²) in [6.45, 7) is 3.99. The molecule has 0 heterocycles. The molecule has 148 valence electrons. The first-order chi connectivity index (χ1) is 13.4. The van der Waals surface area contributed by atoms with Crippen LogP contribution in [-0.2, 0) is 16.1 Å². The number of carbonyl (C=O) groups excluding carboxylic acids is 2. The summed E-state index contributed by atoms with van der Waals surface area (Å²) in [4.78, 5) is 34.5. The Hall–Kier alpha value is -3.42. The van der Waals surface area contributed by atoms with Crippen molar-refractivity contribution in [2.75, 3.05) is 11.9 Å². The number of hydrogen-bond donors (Lipinski definition) is 2. The van der Waals surface area contributed by atoms with Gasteiger partial charge in [0.05, 0.1) is 17.4 Å². The van der Waals surface area contributed by atoms with Crippen LogP contribution in [0, 0.1) is 10.1 Å². The molecule has 0 bridgehead atoms. The molecular weight excluding hydrogens is 362 g/mol. The number of rotatable bonds is 9. The van der Waals surface area contributed by atoms with Crippen molar-refractivity contribution >= 4 is 23.3 Å². The SMILES string of the molecule is CC(C)OC(=O)CCNC(=O)c1ccc(NCc2ccccc2)c([N+](=O)[O-])c1. The van der Waals surface area contributed by atoms with Crippen LogP contribution in [0.3, 0.4) is 0 Å². The van der Waals surface area contributed by atoms with E-state index in [1.54, 1.807) is 13.8 Å². The first kappa shape index (κ1) is 20.9. The van der Waals surface area contributed by atoms with Crippen LogP contribution in [0.5, 0.6) is 0 Å². The van der Waals surface area contributed by atoms with Crippen molar-refractivity contribution in [1.29, 1.82) is 0 Å². The van der Waals surface area contributed by atoms with E-state index < -0.39 is 16.8 Å². The highest BCUT2D eigenvalue weighted by Gasteiger charge is 2.18. The summed E-state index contributed by atoms with van der Waals surface area (Å²) in [6.07, 6.45) is -0.190. The molecule has 0 aliphatic rings. The maximum atomic E-state index is 12.2. The minimum Gasteiger partial charge on any atom is -0.463 e. The Morgan fingerprint density at radius 1 is 1.14 bits per heavy atom. The number of benzene rings is 2. The fraction of sp³-hybridized carbons (Fsp3) is 0.300. The lowest BCUT2D eigenvalue weighted by Crippen LogP contribution is -2.27. The van der Waals surface area contributed by atoms with E-state index in [1.165, 1.54) is 18.2 Å². The standard InChI is InChI=1S/C20H23N3O5/c1-14(2)28-19(24)10-11-21-20(25)16-8-9-17(18(12-16)23(26)27)22-13-15-6-4-3-5-7-15/h3-9,12,14,22H,10-11,13H2,1-2H3,(H,21,25). The number of hydrogen-bond acceptors (Lipinski definition) is 6. The lowest BCUT2D eigenvalue weighted by Gasteiger charge is -2.10. The highest BCUT2D eigenvalue weighted by Crippen LogP contribution is 2.26. The molecule has 0 aliphatic carbocycles. The van der Waals surface area contributed by atoms with Gasteiger partial charge in [-0.3, -0.25) is 19.7 Å². The normalized spacial score (nSPS) is 10.4. The maximum Gasteiger partial charge on any atom is 0.307 e. The van der Waals surface area contributed by atoms with Gasteiger partial charge < -0.3 is 15.4 Å². The van der Waals surface area contributed by atoms with E-state index in [0.717, 1.165) is 5.56 Å². The van der Waals surface area contributed by atoms with Gasteiger partial charge in [0, 0.05) is 24.7 Å². The van der Waals surface area contributed by atoms with Gasteiger partial charge >= 0.3 is 5.97 Å². The molecule has 2 aromatic carbocycles. The molecule has 2 N–H and O–H groups in total. The quantitative estimate of drug-likeness (QED) is 0.389. The third-order valence-electron chi connectivity index (χ3n) is 3.76. The van der Waals surface area contributed by atoms with Crippen molar-refractivity contribution in [3.05, 3.63) is 69.8 Å². The number of nitro benzene ring substituents is 1. The molecule has 0 radical (unpaired) electrons. The van der Waals surface area contributed by atoms with Crippen LogP contribution in [0.1, 0.15) is 36.2 Å². The number of ether oxygens (including phenoxy) is 1. The number of anilines is 1. The fourth-order valence-corrected chi connectivity index (χ4v) is 2.47. The van der Waals surface area contributed by atoms with E-state index in [2.05, 4.69) is 10.6 Å². The molecule has 1 amide bonds. The molecule has 0 saturated carbocycles. The summed E-state index contributed by atoms with van der Waals surface area (Å²) < 4.78 is 4.98. The second-order valence-electron chi connectivity index (χ2n) is 6.37. The average molecular weight is 385 g/mol. The summed E-state index contributed by atoms with van der Waals surface area (Å²) in [5, 5.41) is 17.0. The molecule has 0 atom stereocenters. The van der Waals surface area contributed by atoms with E-state index in [1.807, 2.05) is 30.3 Å². The monoisotopic (exact) mass is 385 g/mol. The molecule has 0 fully saturated rings. The summed E-state index contributed by atoms with van der Waals surface area (Å²) in [5.41, 5.74) is 1.26. The zero-order chi connectivity index (χ0) is 20.5. The van der Waals surface area contributed by atoms with Gasteiger partial charge in [0.2, 0.25) is 0 Å². The predicted molar refractivity (Wildman–Crippen MR) is 105 cm³/mol. The smallest absolute Gasteiger partial charge is 0.307 e. The summed E-state index contributed by atoms with van der Waals surface area (Å²) in [5.74, 6) is -0.906. The van der Waals surface area contributed by atoms with Crippen LogP contribution in [0.4, 0.5) is 11.4 Å². The van der Waals surface area contributed by atoms with Crippen LogP contribution in [0.25, 0.3) is 0 Å². The van der Waals surface area contributed by atoms with Gasteiger partial charge in [-0.25, -0.2) is 0 Å². The summed E-state index contributed by atoms with van der Waals surface area (Å²) in [6, 6.07) is 13.7. The highest BCUT2D eigenvalue weighted by atomic mass is 16.6. The Kier molecular flexibility index (Phi) is 7.50. The minimum atomic E-state index is -0.538. The van der Waals surface area contributed by atoms with Gasteiger partial charge in [-0.05, 0) is 31.5 Å². The number of nitro groups is 1. The van der Waals surface area contributed by atoms with Crippen LogP contribution in [0.15, 0.2) is 48.5 Å². The molecule has 28 heavy (non-hydrogen) atoms. The first-order valence-electron chi connectivity index (χ1n) is 8.90. The molecule has 0 unspecified atom stereocenters. The van der Waals surface area contributed by atoms with E-state index in [4.69, 9.17) is 4.74 Å². The maximum absolute atomic E-state index is 12.2. The molecule has 0 spiro atoms. The Balaban J connectivity index is 1.99. The zero-order valence-electron chi connectivity index (χ0n) is 15.8. The molecule has 2 aromatic rings. The minimum absolute atomic E-state index is 0.0305. The van der Waals surface area contributed by atoms with Crippen molar-refractivity contribution in [3.63, 3.8) is 0 Å². The van der Waals surface area contributed by atoms with Crippen LogP contribution in [-0.4, -0.2) is 29.4 Å². The van der Waals surface area contributed by atoms with E-state index in [9.17, 15) is 19.7 Å². The largest absolute Gasteiger partial charge is 0.463 e. The molecule has 2 rings (SSSR count). The van der Waals surface area contributed by atoms with Gasteiger partial charge in [-0.15, -0.1) is 0 Å². The first-order valence-corrected chi connectivity index (χ1v) is 8.90. The fourth-order valence-electron chi connectivity index (χ4n) is 2.47. The van der Waals surface area contributed by atoms with Gasteiger partial charge in [-0.1, -0.05) is 30.3 Å². The molecule has 8 heteroatoms. The zero-order valence-corrected chi connectivity index (χ0v) is 15.8. The Labute approximate surface area is 163 Å². The van der Waals surface area contributed by atoms with Crippen LogP contribution < -0.4 is 10.6 Å². The second kappa shape index (κ2) is 10.1. The summed E-state index contributed by atoms with van der Waals surface area (Å²) in [7, 11) is 0. The Morgan fingerprint density at radius 2 is 1.86 bits per heavy atom. The molecule has 0 aliphatic heterocycles. The number of nitrogens with one attached hydrogen (secondary N) is 2. The molecule has 8 nitrogen and oxygen atoms in total. The lowest BCUT2D eigenvalue weighted by atomic mass is 10.1. The average Bonchev–Trinajstić information content (AvgIpc) is 2.66. The van der Waals surface area contributed by atoms with Crippen molar-refractivity contribution in [2.45, 2.75) is 32.9 Å². The van der Waals surface area contributed by atoms with Gasteiger partial charge in [-0.2, -0.15) is 0 Å². The molecule has 0 saturated heterocycles. The number of carbonyl (C=O) groups is 2. The van der Waals surface area contributed by atoms with Crippen LogP contribution in [0.2, 0.25) is 0 Å². The predicted octanol–water partition coefficient (Wildman–Crippen LogP) is 3.28. The second-order valence-corrected chi connectivity index (χ2v) is 6.37. The molecular formula is C20H23N3O5. The number of amides is 1. The van der Waals surface area contributed by atoms with E-state index >= 15 is 0 Å². The summed E-state index contributed by atoms with van der Waals surface area (Å²) >= 11 is 0. The van der Waals surface area contributed by atoms with Gasteiger partial charge in [0.25, 0.3) is 11.6 Å². The van der Waals surface area contributed by atoms with Crippen LogP contribution >= 0.6 is 0 Å². The topological polar surface area (TPSA) is 111 Å². The lowest BCUT2D eigenvalue weighted by molar-refractivity contribution is -0.384. The van der Waals surface area contributed by atoms with Crippen molar-refractivity contribution in [2.24, 2.45) is 0 Å². The van der Waals surface area contributed by atoms with Crippen molar-refractivity contribution in [3.8, 4) is 0 Å². The van der Waals surface area contributed by atoms with Gasteiger partial charge in [0.15, 0.2) is 0 Å². The third-order valence-corrected chi connectivity index (χ3v) is 3.76. The van der Waals surface area contributed by atoms with E-state index in [-0.39, 0.29) is 30.3 Å². The number of nitrogens with zero attached hydrogens (tertiary/aromatic N) is 1. The molecule has 0 aromatic heterocycles. The van der Waals surface area contributed by atoms with E-state index in [0.29, 0.717) is 12.2 Å². The number of esters is 1. The Bertz CT molecular complexity index is 837. The Morgan fingerprint density at radius 3 is 2.50 bits per heavy atom. The van der Waals surface area contributed by atoms with Gasteiger partial charge in [0.1, 0.15) is 5.69 Å². The van der Waals surface area contributed by atoms with Crippen molar-refractivity contribution in [1.82, 2.24) is 5.32 Å².